The van der Waals surface area contributed by atoms with Gasteiger partial charge in [-0.3, -0.25) is 4.79 Å². The number of oxime groups is 1. The van der Waals surface area contributed by atoms with Crippen LogP contribution in [0.1, 0.15) is 16.1 Å². The highest BCUT2D eigenvalue weighted by atomic mass is 16.4. The molecule has 8 nitrogen and oxygen atoms in total. The van der Waals surface area contributed by atoms with Gasteiger partial charge in [-0.25, -0.2) is 9.97 Å². The van der Waals surface area contributed by atoms with Crippen LogP contribution in [-0.4, -0.2) is 26.9 Å². The number of amides is 1. The number of nitrogens with two attached hydrogens (primary N) is 3. The van der Waals surface area contributed by atoms with Gasteiger partial charge in [0.15, 0.2) is 17.3 Å². The van der Waals surface area contributed by atoms with Gasteiger partial charge in [0, 0.05) is 11.1 Å². The van der Waals surface area contributed by atoms with Crippen LogP contribution in [-0.2, 0) is 0 Å². The number of benzene rings is 1. The maximum Gasteiger partial charge on any atom is 0.271 e. The average molecular weight is 272 g/mol. The van der Waals surface area contributed by atoms with Gasteiger partial charge in [-0.05, 0) is 6.07 Å². The Morgan fingerprint density at radius 3 is 2.70 bits per heavy atom. The Bertz CT molecular complexity index is 698. The molecule has 0 unspecified atom stereocenters. The minimum atomic E-state index is -0.760. The van der Waals surface area contributed by atoms with E-state index in [9.17, 15) is 4.79 Å². The molecule has 0 aliphatic carbocycles. The molecule has 2 rings (SSSR count). The predicted octanol–water partition coefficient (Wildman–Crippen LogP) is -0.0808. The van der Waals surface area contributed by atoms with Crippen LogP contribution in [0.4, 0.5) is 5.82 Å². The third kappa shape index (κ3) is 2.48. The first-order valence-corrected chi connectivity index (χ1v) is 5.53. The van der Waals surface area contributed by atoms with Crippen molar-refractivity contribution in [2.24, 2.45) is 16.6 Å². The molecule has 0 radical (unpaired) electrons. The standard InChI is InChI=1S/C12H12N6O2/c13-10(18-20)7-3-1-2-6(4-7)8-5-16-11(14)9(17-8)12(15)19/h1-5,20H,(H2,13,18)(H2,14,16)(H2,15,19). The van der Waals surface area contributed by atoms with E-state index < -0.39 is 5.91 Å². The lowest BCUT2D eigenvalue weighted by Gasteiger charge is -2.06. The molecule has 0 aliphatic heterocycles. The van der Waals surface area contributed by atoms with E-state index in [0.29, 0.717) is 16.8 Å². The van der Waals surface area contributed by atoms with Crippen LogP contribution in [0.3, 0.4) is 0 Å². The molecule has 0 spiro atoms. The lowest BCUT2D eigenvalue weighted by molar-refractivity contribution is 0.0996. The number of nitrogens with zero attached hydrogens (tertiary/aromatic N) is 3. The van der Waals surface area contributed by atoms with Crippen LogP contribution in [0, 0.1) is 0 Å². The van der Waals surface area contributed by atoms with Crippen LogP contribution < -0.4 is 17.2 Å². The zero-order valence-electron chi connectivity index (χ0n) is 10.3. The van der Waals surface area contributed by atoms with Crippen molar-refractivity contribution in [1.82, 2.24) is 9.97 Å². The molecular weight excluding hydrogens is 260 g/mol. The van der Waals surface area contributed by atoms with E-state index >= 15 is 0 Å². The highest BCUT2D eigenvalue weighted by molar-refractivity contribution is 5.98. The lowest BCUT2D eigenvalue weighted by atomic mass is 10.1. The maximum atomic E-state index is 11.2. The van der Waals surface area contributed by atoms with Crippen molar-refractivity contribution < 1.29 is 10.0 Å². The molecule has 0 fully saturated rings. The van der Waals surface area contributed by atoms with E-state index in [1.807, 2.05) is 0 Å². The summed E-state index contributed by atoms with van der Waals surface area (Å²) in [5, 5.41) is 11.6. The Labute approximate surface area is 113 Å². The number of carbonyl (C=O) groups excluding carboxylic acids is 1. The Hall–Kier alpha value is -3.16. The highest BCUT2D eigenvalue weighted by Crippen LogP contribution is 2.19. The molecule has 1 aromatic heterocycles. The topological polar surface area (TPSA) is 154 Å². The van der Waals surface area contributed by atoms with Crippen LogP contribution in [0.25, 0.3) is 11.3 Å². The minimum Gasteiger partial charge on any atom is -0.409 e. The Morgan fingerprint density at radius 2 is 2.05 bits per heavy atom. The number of aromatic nitrogens is 2. The summed E-state index contributed by atoms with van der Waals surface area (Å²) in [6, 6.07) is 6.74. The Balaban J connectivity index is 2.52. The van der Waals surface area contributed by atoms with E-state index in [-0.39, 0.29) is 17.3 Å². The van der Waals surface area contributed by atoms with Crippen molar-refractivity contribution >= 4 is 17.6 Å². The predicted molar refractivity (Wildman–Crippen MR) is 72.9 cm³/mol. The molecular formula is C12H12N6O2. The molecule has 0 bridgehead atoms. The zero-order valence-corrected chi connectivity index (χ0v) is 10.3. The van der Waals surface area contributed by atoms with Crippen LogP contribution in [0.2, 0.25) is 0 Å². The van der Waals surface area contributed by atoms with Gasteiger partial charge >= 0.3 is 0 Å². The van der Waals surface area contributed by atoms with Crippen LogP contribution in [0.5, 0.6) is 0 Å². The summed E-state index contributed by atoms with van der Waals surface area (Å²) in [7, 11) is 0. The van der Waals surface area contributed by atoms with Crippen molar-refractivity contribution in [2.45, 2.75) is 0 Å². The van der Waals surface area contributed by atoms with Gasteiger partial charge in [-0.15, -0.1) is 0 Å². The van der Waals surface area contributed by atoms with E-state index in [0.717, 1.165) is 0 Å². The number of nitrogen functional groups attached to an aromatic ring is 1. The van der Waals surface area contributed by atoms with Crippen LogP contribution >= 0.6 is 0 Å². The van der Waals surface area contributed by atoms with Crippen molar-refractivity contribution in [3.63, 3.8) is 0 Å². The highest BCUT2D eigenvalue weighted by Gasteiger charge is 2.12. The molecule has 0 atom stereocenters. The van der Waals surface area contributed by atoms with Crippen LogP contribution in [0.15, 0.2) is 35.6 Å². The first kappa shape index (κ1) is 13.3. The molecule has 0 aliphatic rings. The molecule has 1 amide bonds. The molecule has 1 heterocycles. The van der Waals surface area contributed by atoms with Gasteiger partial charge in [0.1, 0.15) is 0 Å². The first-order valence-electron chi connectivity index (χ1n) is 5.53. The summed E-state index contributed by atoms with van der Waals surface area (Å²) in [4.78, 5) is 19.1. The second kappa shape index (κ2) is 5.22. The fourth-order valence-corrected chi connectivity index (χ4v) is 1.61. The summed E-state index contributed by atoms with van der Waals surface area (Å²) >= 11 is 0. The van der Waals surface area contributed by atoms with E-state index in [1.54, 1.807) is 24.3 Å². The quantitative estimate of drug-likeness (QED) is 0.265. The summed E-state index contributed by atoms with van der Waals surface area (Å²) in [6.07, 6.45) is 1.41. The second-order valence-corrected chi connectivity index (χ2v) is 3.92. The summed E-state index contributed by atoms with van der Waals surface area (Å²) < 4.78 is 0. The van der Waals surface area contributed by atoms with Crippen molar-refractivity contribution in [3.05, 3.63) is 41.7 Å². The third-order valence-electron chi connectivity index (χ3n) is 2.60. The smallest absolute Gasteiger partial charge is 0.271 e. The number of hydrogen-bond donors (Lipinski definition) is 4. The number of anilines is 1. The number of amidine groups is 1. The lowest BCUT2D eigenvalue weighted by Crippen LogP contribution is -2.17. The number of carbonyl (C=O) groups is 1. The fraction of sp³-hybridized carbons (Fsp3) is 0. The second-order valence-electron chi connectivity index (χ2n) is 3.92. The molecule has 102 valence electrons. The van der Waals surface area contributed by atoms with Gasteiger partial charge in [0.25, 0.3) is 5.91 Å². The number of primary amides is 1. The first-order chi connectivity index (χ1) is 9.52. The average Bonchev–Trinajstić information content (AvgIpc) is 2.46. The molecule has 7 N–H and O–H groups in total. The maximum absolute atomic E-state index is 11.2. The van der Waals surface area contributed by atoms with Gasteiger partial charge in [0.2, 0.25) is 0 Å². The Morgan fingerprint density at radius 1 is 1.30 bits per heavy atom. The zero-order chi connectivity index (χ0) is 14.7. The number of rotatable bonds is 3. The third-order valence-corrected chi connectivity index (χ3v) is 2.60. The molecule has 20 heavy (non-hydrogen) atoms. The largest absolute Gasteiger partial charge is 0.409 e. The molecule has 0 saturated carbocycles. The normalized spacial score (nSPS) is 11.3. The molecule has 8 heteroatoms. The van der Waals surface area contributed by atoms with E-state index in [4.69, 9.17) is 22.4 Å². The molecule has 0 saturated heterocycles. The summed E-state index contributed by atoms with van der Waals surface area (Å²) in [5.41, 5.74) is 17.6. The van der Waals surface area contributed by atoms with Gasteiger partial charge in [-0.2, -0.15) is 0 Å². The van der Waals surface area contributed by atoms with Crippen molar-refractivity contribution in [2.75, 3.05) is 5.73 Å². The van der Waals surface area contributed by atoms with Crippen molar-refractivity contribution in [1.29, 1.82) is 0 Å². The fourth-order valence-electron chi connectivity index (χ4n) is 1.61. The van der Waals surface area contributed by atoms with E-state index in [1.165, 1.54) is 6.20 Å². The monoisotopic (exact) mass is 272 g/mol. The summed E-state index contributed by atoms with van der Waals surface area (Å²) in [6.45, 7) is 0. The Kier molecular flexibility index (Phi) is 3.47. The minimum absolute atomic E-state index is 0.0335. The van der Waals surface area contributed by atoms with Gasteiger partial charge in [0.05, 0.1) is 11.9 Å². The summed E-state index contributed by atoms with van der Waals surface area (Å²) in [5.74, 6) is -0.830. The SMILES string of the molecule is NC(=O)c1nc(-c2cccc(C(N)=NO)c2)cnc1N. The molecule has 1 aromatic carbocycles. The molecule has 2 aromatic rings. The van der Waals surface area contributed by atoms with Crippen molar-refractivity contribution in [3.8, 4) is 11.3 Å². The van der Waals surface area contributed by atoms with Gasteiger partial charge < -0.3 is 22.4 Å². The number of hydrogen-bond acceptors (Lipinski definition) is 6. The van der Waals surface area contributed by atoms with Gasteiger partial charge in [-0.1, -0.05) is 23.4 Å². The van der Waals surface area contributed by atoms with E-state index in [2.05, 4.69) is 15.1 Å².